The number of hydrogen-bond acceptors (Lipinski definition) is 2. The Morgan fingerprint density at radius 3 is 2.75 bits per heavy atom. The van der Waals surface area contributed by atoms with Gasteiger partial charge in [-0.2, -0.15) is 0 Å². The number of aliphatic hydroxyl groups is 1. The van der Waals surface area contributed by atoms with Crippen LogP contribution in [-0.4, -0.2) is 24.4 Å². The van der Waals surface area contributed by atoms with E-state index in [0.717, 1.165) is 26.1 Å². The fourth-order valence-electron chi connectivity index (χ4n) is 2.69. The van der Waals surface area contributed by atoms with Gasteiger partial charge in [0.05, 0.1) is 19.3 Å². The predicted octanol–water partition coefficient (Wildman–Crippen LogP) is 1.57. The number of fused-ring (bicyclic) bond motifs is 1. The predicted molar refractivity (Wildman–Crippen MR) is 46.9 cm³/mol. The lowest BCUT2D eigenvalue weighted by atomic mass is 9.58. The second kappa shape index (κ2) is 2.46. The minimum atomic E-state index is -0.154. The molecule has 2 rings (SSSR count). The van der Waals surface area contributed by atoms with Gasteiger partial charge in [-0.15, -0.1) is 0 Å². The summed E-state index contributed by atoms with van der Waals surface area (Å²) in [5.74, 6) is 0. The molecule has 2 aliphatic rings. The molecule has 1 saturated heterocycles. The third-order valence-electron chi connectivity index (χ3n) is 4.14. The summed E-state index contributed by atoms with van der Waals surface area (Å²) in [5.41, 5.74) is 0.246. The van der Waals surface area contributed by atoms with E-state index < -0.39 is 0 Å². The van der Waals surface area contributed by atoms with E-state index in [0.29, 0.717) is 0 Å². The second-order valence-corrected chi connectivity index (χ2v) is 4.88. The van der Waals surface area contributed by atoms with Gasteiger partial charge >= 0.3 is 0 Å². The van der Waals surface area contributed by atoms with Gasteiger partial charge < -0.3 is 9.84 Å². The Hall–Kier alpha value is -0.0800. The Labute approximate surface area is 73.9 Å². The Kier molecular flexibility index (Phi) is 1.74. The van der Waals surface area contributed by atoms with E-state index in [2.05, 4.69) is 13.8 Å². The molecular formula is C10H18O2. The highest BCUT2D eigenvalue weighted by molar-refractivity contribution is 5.03. The lowest BCUT2D eigenvalue weighted by Gasteiger charge is -2.46. The minimum Gasteiger partial charge on any atom is -0.392 e. The monoisotopic (exact) mass is 170 g/mol. The van der Waals surface area contributed by atoms with Crippen molar-refractivity contribution in [3.8, 4) is 0 Å². The van der Waals surface area contributed by atoms with E-state index in [4.69, 9.17) is 4.74 Å². The second-order valence-electron chi connectivity index (χ2n) is 4.88. The van der Waals surface area contributed by atoms with Crippen LogP contribution in [0.25, 0.3) is 0 Å². The van der Waals surface area contributed by atoms with Gasteiger partial charge in [-0.1, -0.05) is 20.3 Å². The number of rotatable bonds is 0. The summed E-state index contributed by atoms with van der Waals surface area (Å²) in [6.45, 7) is 6.00. The van der Waals surface area contributed by atoms with E-state index in [1.54, 1.807) is 0 Å². The van der Waals surface area contributed by atoms with Crippen molar-refractivity contribution in [3.05, 3.63) is 0 Å². The first-order valence-electron chi connectivity index (χ1n) is 4.84. The first-order chi connectivity index (χ1) is 5.58. The number of ether oxygens (including phenoxy) is 1. The normalized spacial score (nSPS) is 53.8. The molecule has 0 radical (unpaired) electrons. The Balaban J connectivity index is 2.30. The van der Waals surface area contributed by atoms with Crippen molar-refractivity contribution in [3.63, 3.8) is 0 Å². The van der Waals surface area contributed by atoms with Crippen LogP contribution in [0.4, 0.5) is 0 Å². The molecule has 1 aliphatic carbocycles. The van der Waals surface area contributed by atoms with Crippen LogP contribution < -0.4 is 0 Å². The zero-order valence-electron chi connectivity index (χ0n) is 7.97. The van der Waals surface area contributed by atoms with Crippen molar-refractivity contribution in [2.24, 2.45) is 10.8 Å². The molecule has 2 heteroatoms. The largest absolute Gasteiger partial charge is 0.392 e. The Bertz CT molecular complexity index is 192. The molecule has 12 heavy (non-hydrogen) atoms. The van der Waals surface area contributed by atoms with E-state index in [9.17, 15) is 5.11 Å². The lowest BCUT2D eigenvalue weighted by Crippen LogP contribution is -2.48. The van der Waals surface area contributed by atoms with Gasteiger partial charge in [-0.05, 0) is 12.8 Å². The van der Waals surface area contributed by atoms with Gasteiger partial charge in [-0.3, -0.25) is 0 Å². The van der Waals surface area contributed by atoms with Gasteiger partial charge in [-0.25, -0.2) is 0 Å². The van der Waals surface area contributed by atoms with E-state index in [-0.39, 0.29) is 16.9 Å². The standard InChI is InChI=1S/C10H18O2/c1-9-5-3-4-8(11)10(9,2)7-12-6-9/h8,11H,3-7H2,1-2H3. The smallest absolute Gasteiger partial charge is 0.0621 e. The highest BCUT2D eigenvalue weighted by Crippen LogP contribution is 2.54. The molecule has 1 saturated carbocycles. The van der Waals surface area contributed by atoms with Crippen molar-refractivity contribution >= 4 is 0 Å². The molecule has 1 heterocycles. The maximum Gasteiger partial charge on any atom is 0.0621 e. The van der Waals surface area contributed by atoms with Crippen molar-refractivity contribution in [1.82, 2.24) is 0 Å². The fraction of sp³-hybridized carbons (Fsp3) is 1.00. The van der Waals surface area contributed by atoms with E-state index >= 15 is 0 Å². The van der Waals surface area contributed by atoms with Crippen LogP contribution in [0.3, 0.4) is 0 Å². The van der Waals surface area contributed by atoms with E-state index in [1.165, 1.54) is 6.42 Å². The summed E-state index contributed by atoms with van der Waals surface area (Å²) < 4.78 is 5.51. The number of aliphatic hydroxyl groups excluding tert-OH is 1. The van der Waals surface area contributed by atoms with Crippen LogP contribution >= 0.6 is 0 Å². The van der Waals surface area contributed by atoms with Crippen molar-refractivity contribution in [2.45, 2.75) is 39.2 Å². The average Bonchev–Trinajstić information content (AvgIpc) is 2.30. The topological polar surface area (TPSA) is 29.5 Å². The SMILES string of the molecule is CC12CCCC(O)C1(C)COC2. The van der Waals surface area contributed by atoms with Gasteiger partial charge in [0.2, 0.25) is 0 Å². The quantitative estimate of drug-likeness (QED) is 0.598. The summed E-state index contributed by atoms with van der Waals surface area (Å²) in [5, 5.41) is 9.92. The highest BCUT2D eigenvalue weighted by atomic mass is 16.5. The van der Waals surface area contributed by atoms with Crippen LogP contribution in [-0.2, 0) is 4.74 Å². The number of hydrogen-bond donors (Lipinski definition) is 1. The molecule has 1 N–H and O–H groups in total. The van der Waals surface area contributed by atoms with Crippen molar-refractivity contribution in [2.75, 3.05) is 13.2 Å². The summed E-state index contributed by atoms with van der Waals surface area (Å²) in [7, 11) is 0. The average molecular weight is 170 g/mol. The first-order valence-corrected chi connectivity index (χ1v) is 4.84. The third kappa shape index (κ3) is 0.882. The van der Waals surface area contributed by atoms with Crippen LogP contribution in [0, 0.1) is 10.8 Å². The molecule has 3 atom stereocenters. The maximum atomic E-state index is 9.92. The summed E-state index contributed by atoms with van der Waals surface area (Å²) >= 11 is 0. The zero-order chi connectivity index (χ0) is 8.82. The maximum absolute atomic E-state index is 9.92. The van der Waals surface area contributed by atoms with Gasteiger partial charge in [0.15, 0.2) is 0 Å². The summed E-state index contributed by atoms with van der Waals surface area (Å²) in [6.07, 6.45) is 3.16. The Morgan fingerprint density at radius 2 is 2.08 bits per heavy atom. The van der Waals surface area contributed by atoms with Crippen molar-refractivity contribution in [1.29, 1.82) is 0 Å². The highest BCUT2D eigenvalue weighted by Gasteiger charge is 2.55. The van der Waals surface area contributed by atoms with Gasteiger partial charge in [0, 0.05) is 10.8 Å². The molecule has 3 unspecified atom stereocenters. The molecule has 0 spiro atoms. The van der Waals surface area contributed by atoms with Gasteiger partial charge in [0.1, 0.15) is 0 Å². The zero-order valence-corrected chi connectivity index (χ0v) is 7.97. The molecule has 0 aromatic heterocycles. The van der Waals surface area contributed by atoms with Crippen molar-refractivity contribution < 1.29 is 9.84 Å². The molecule has 0 aromatic rings. The Morgan fingerprint density at radius 1 is 1.33 bits per heavy atom. The van der Waals surface area contributed by atoms with Crippen LogP contribution in [0.2, 0.25) is 0 Å². The van der Waals surface area contributed by atoms with Crippen LogP contribution in [0.5, 0.6) is 0 Å². The molecular weight excluding hydrogens is 152 g/mol. The third-order valence-corrected chi connectivity index (χ3v) is 4.14. The molecule has 0 aromatic carbocycles. The molecule has 0 bridgehead atoms. The van der Waals surface area contributed by atoms with Crippen LogP contribution in [0.15, 0.2) is 0 Å². The summed E-state index contributed by atoms with van der Waals surface area (Å²) in [4.78, 5) is 0. The minimum absolute atomic E-state index is 0.0191. The molecule has 1 aliphatic heterocycles. The van der Waals surface area contributed by atoms with E-state index in [1.807, 2.05) is 0 Å². The molecule has 2 nitrogen and oxygen atoms in total. The molecule has 0 amide bonds. The summed E-state index contributed by atoms with van der Waals surface area (Å²) in [6, 6.07) is 0. The fourth-order valence-corrected chi connectivity index (χ4v) is 2.69. The first kappa shape index (κ1) is 8.52. The lowest BCUT2D eigenvalue weighted by molar-refractivity contribution is -0.0618. The molecule has 70 valence electrons. The molecule has 2 fully saturated rings. The van der Waals surface area contributed by atoms with Gasteiger partial charge in [0.25, 0.3) is 0 Å². The van der Waals surface area contributed by atoms with Crippen LogP contribution in [0.1, 0.15) is 33.1 Å².